The van der Waals surface area contributed by atoms with Gasteiger partial charge in [-0.2, -0.15) is 9.97 Å². The molecule has 2 aromatic rings. The van der Waals surface area contributed by atoms with Crippen LogP contribution in [0.15, 0.2) is 6.33 Å². The fraction of sp³-hybridized carbons (Fsp3) is 0.545. The summed E-state index contributed by atoms with van der Waals surface area (Å²) in [5, 5.41) is 10.3. The zero-order valence-corrected chi connectivity index (χ0v) is 13.9. The number of aromatic nitrogens is 4. The Morgan fingerprint density at radius 1 is 1.40 bits per heavy atom. The molecular formula is C11H17N6O7P. The van der Waals surface area contributed by atoms with E-state index in [4.69, 9.17) is 35.5 Å². The molecule has 7 N–H and O–H groups in total. The van der Waals surface area contributed by atoms with E-state index in [-0.39, 0.29) is 22.9 Å². The lowest BCUT2D eigenvalue weighted by atomic mass is 10.2. The number of nitrogens with zero attached hydrogens (tertiary/aromatic N) is 4. The second-order valence-corrected chi connectivity index (χ2v) is 6.93. The molecule has 1 unspecified atom stereocenters. The lowest BCUT2D eigenvalue weighted by molar-refractivity contribution is -0.167. The first-order chi connectivity index (χ1) is 11.7. The third kappa shape index (κ3) is 3.43. The molecule has 2 aromatic heterocycles. The Balaban J connectivity index is 1.92. The molecule has 4 atom stereocenters. The molecule has 0 aliphatic carbocycles. The molecule has 0 spiro atoms. The Hall–Kier alpha value is -1.86. The van der Waals surface area contributed by atoms with Crippen LogP contribution in [0.4, 0.5) is 11.8 Å². The summed E-state index contributed by atoms with van der Waals surface area (Å²) in [7, 11) is -3.09. The highest BCUT2D eigenvalue weighted by Crippen LogP contribution is 2.39. The molecule has 3 rings (SSSR count). The normalized spacial score (nSPS) is 27.2. The van der Waals surface area contributed by atoms with E-state index in [0.29, 0.717) is 0 Å². The SMILES string of the molecule is CO[C@@H]1C(O)[C@@H](OCP(=O)(O)O)O[C@H]1n1cnc2c(N)nc(N)nc21. The van der Waals surface area contributed by atoms with Crippen LogP contribution in [-0.2, 0) is 18.8 Å². The maximum atomic E-state index is 10.9. The molecule has 1 fully saturated rings. The van der Waals surface area contributed by atoms with E-state index in [0.717, 1.165) is 0 Å². The van der Waals surface area contributed by atoms with Crippen LogP contribution in [-0.4, -0.2) is 66.4 Å². The molecule has 1 saturated heterocycles. The van der Waals surface area contributed by atoms with Gasteiger partial charge in [0, 0.05) is 7.11 Å². The van der Waals surface area contributed by atoms with Crippen molar-refractivity contribution < 1.29 is 33.7 Å². The van der Waals surface area contributed by atoms with Gasteiger partial charge in [-0.25, -0.2) is 4.98 Å². The molecule has 0 bridgehead atoms. The zero-order chi connectivity index (χ0) is 18.4. The van der Waals surface area contributed by atoms with Gasteiger partial charge in [0.1, 0.15) is 17.7 Å². The average molecular weight is 376 g/mol. The van der Waals surface area contributed by atoms with Gasteiger partial charge in [0.05, 0.1) is 6.33 Å². The minimum Gasteiger partial charge on any atom is -0.385 e. The van der Waals surface area contributed by atoms with Crippen molar-refractivity contribution in [3.05, 3.63) is 6.33 Å². The van der Waals surface area contributed by atoms with Crippen LogP contribution in [0, 0.1) is 0 Å². The molecule has 0 saturated carbocycles. The van der Waals surface area contributed by atoms with Crippen LogP contribution in [0.25, 0.3) is 11.2 Å². The van der Waals surface area contributed by atoms with Crippen LogP contribution in [0.3, 0.4) is 0 Å². The number of nitrogens with two attached hydrogens (primary N) is 2. The molecule has 1 aliphatic rings. The summed E-state index contributed by atoms with van der Waals surface area (Å²) in [6.07, 6.45) is -4.06. The number of rotatable bonds is 5. The highest BCUT2D eigenvalue weighted by atomic mass is 31.2. The first kappa shape index (κ1) is 17.9. The summed E-state index contributed by atoms with van der Waals surface area (Å²) in [6.45, 7) is 0. The third-order valence-electron chi connectivity index (χ3n) is 3.59. The third-order valence-corrected chi connectivity index (χ3v) is 4.07. The second-order valence-electron chi connectivity index (χ2n) is 5.34. The van der Waals surface area contributed by atoms with Gasteiger partial charge in [-0.05, 0) is 0 Å². The molecular weight excluding hydrogens is 359 g/mol. The standard InChI is InChI=1S/C11H17N6O7P/c1-22-6-5(18)10(23-3-25(19,20)21)24-9(6)17-2-14-4-7(12)15-11(13)16-8(4)17/h2,5-6,9-10,18H,3H2,1H3,(H2,19,20,21)(H4,12,13,15,16)/t5?,6-,9-,10+/m1/s1. The number of hydrogen-bond acceptors (Lipinski definition) is 10. The first-order valence-electron chi connectivity index (χ1n) is 6.99. The lowest BCUT2D eigenvalue weighted by Crippen LogP contribution is -2.34. The number of aliphatic hydroxyl groups excluding tert-OH is 1. The van der Waals surface area contributed by atoms with Gasteiger partial charge >= 0.3 is 7.60 Å². The van der Waals surface area contributed by atoms with Gasteiger partial charge in [-0.1, -0.05) is 0 Å². The van der Waals surface area contributed by atoms with Crippen LogP contribution >= 0.6 is 7.60 Å². The van der Waals surface area contributed by atoms with E-state index in [1.165, 1.54) is 18.0 Å². The first-order valence-corrected chi connectivity index (χ1v) is 8.79. The Labute approximate surface area is 140 Å². The monoisotopic (exact) mass is 376 g/mol. The molecule has 13 nitrogen and oxygen atoms in total. The summed E-state index contributed by atoms with van der Waals surface area (Å²) < 4.78 is 28.1. The van der Waals surface area contributed by atoms with Crippen molar-refractivity contribution in [3.63, 3.8) is 0 Å². The molecule has 14 heteroatoms. The van der Waals surface area contributed by atoms with Crippen molar-refractivity contribution in [3.8, 4) is 0 Å². The highest BCUT2D eigenvalue weighted by molar-refractivity contribution is 7.51. The van der Waals surface area contributed by atoms with E-state index < -0.39 is 38.7 Å². The van der Waals surface area contributed by atoms with Gasteiger partial charge in [-0.15, -0.1) is 0 Å². The Morgan fingerprint density at radius 3 is 2.76 bits per heavy atom. The summed E-state index contributed by atoms with van der Waals surface area (Å²) in [6, 6.07) is 0. The van der Waals surface area contributed by atoms with Crippen LogP contribution in [0.5, 0.6) is 0 Å². The van der Waals surface area contributed by atoms with Crippen molar-refractivity contribution in [2.24, 2.45) is 0 Å². The van der Waals surface area contributed by atoms with E-state index >= 15 is 0 Å². The minimum absolute atomic E-state index is 0.0723. The molecule has 1 aliphatic heterocycles. The predicted octanol–water partition coefficient (Wildman–Crippen LogP) is -1.63. The maximum absolute atomic E-state index is 10.9. The average Bonchev–Trinajstić information content (AvgIpc) is 3.05. The van der Waals surface area contributed by atoms with Crippen molar-refractivity contribution >= 4 is 30.5 Å². The van der Waals surface area contributed by atoms with E-state index in [2.05, 4.69) is 15.0 Å². The topological polar surface area (TPSA) is 201 Å². The number of anilines is 2. The van der Waals surface area contributed by atoms with Crippen molar-refractivity contribution in [1.29, 1.82) is 0 Å². The zero-order valence-electron chi connectivity index (χ0n) is 13.0. The molecule has 0 amide bonds. The van der Waals surface area contributed by atoms with Gasteiger partial charge in [0.25, 0.3) is 0 Å². The maximum Gasteiger partial charge on any atom is 0.351 e. The number of ether oxygens (including phenoxy) is 3. The van der Waals surface area contributed by atoms with Gasteiger partial charge < -0.3 is 40.6 Å². The summed E-state index contributed by atoms with van der Waals surface area (Å²) in [4.78, 5) is 29.7. The van der Waals surface area contributed by atoms with Crippen molar-refractivity contribution in [2.75, 3.05) is 24.9 Å². The van der Waals surface area contributed by atoms with Crippen molar-refractivity contribution in [2.45, 2.75) is 24.7 Å². The fourth-order valence-electron chi connectivity index (χ4n) is 2.55. The van der Waals surface area contributed by atoms with Gasteiger partial charge in [0.2, 0.25) is 5.95 Å². The summed E-state index contributed by atoms with van der Waals surface area (Å²) in [5.41, 5.74) is 11.9. The Kier molecular flexibility index (Phi) is 4.64. The number of aliphatic hydroxyl groups is 1. The number of fused-ring (bicyclic) bond motifs is 1. The lowest BCUT2D eigenvalue weighted by Gasteiger charge is -2.19. The Bertz CT molecular complexity index is 825. The number of imidazole rings is 1. The molecule has 3 heterocycles. The van der Waals surface area contributed by atoms with E-state index in [9.17, 15) is 9.67 Å². The van der Waals surface area contributed by atoms with Crippen LogP contribution < -0.4 is 11.5 Å². The number of nitrogen functional groups attached to an aromatic ring is 2. The van der Waals surface area contributed by atoms with E-state index in [1.807, 2.05) is 0 Å². The van der Waals surface area contributed by atoms with Crippen LogP contribution in [0.2, 0.25) is 0 Å². The Morgan fingerprint density at radius 2 is 2.12 bits per heavy atom. The molecule has 0 radical (unpaired) electrons. The summed E-state index contributed by atoms with van der Waals surface area (Å²) >= 11 is 0. The van der Waals surface area contributed by atoms with Crippen LogP contribution in [0.1, 0.15) is 6.23 Å². The highest BCUT2D eigenvalue weighted by Gasteiger charge is 2.47. The summed E-state index contributed by atoms with van der Waals surface area (Å²) in [5.74, 6) is -0.00313. The van der Waals surface area contributed by atoms with E-state index in [1.54, 1.807) is 0 Å². The van der Waals surface area contributed by atoms with Gasteiger partial charge in [0.15, 0.2) is 30.3 Å². The number of hydrogen-bond donors (Lipinski definition) is 5. The quantitative estimate of drug-likeness (QED) is 0.374. The minimum atomic E-state index is -4.43. The molecule has 0 aromatic carbocycles. The fourth-order valence-corrected chi connectivity index (χ4v) is 2.89. The predicted molar refractivity (Wildman–Crippen MR) is 82.9 cm³/mol. The molecule has 138 valence electrons. The molecule has 25 heavy (non-hydrogen) atoms. The largest absolute Gasteiger partial charge is 0.385 e. The van der Waals surface area contributed by atoms with Crippen molar-refractivity contribution in [1.82, 2.24) is 19.5 Å². The smallest absolute Gasteiger partial charge is 0.351 e. The van der Waals surface area contributed by atoms with Gasteiger partial charge in [-0.3, -0.25) is 9.13 Å². The number of methoxy groups -OCH3 is 1. The second kappa shape index (κ2) is 6.46.